The third-order valence-electron chi connectivity index (χ3n) is 0. The van der Waals surface area contributed by atoms with E-state index in [1.807, 2.05) is 0 Å². The van der Waals surface area contributed by atoms with Crippen molar-refractivity contribution in [1.29, 1.82) is 0 Å². The molecular formula is C2H11KNa4O6P+5. The van der Waals surface area contributed by atoms with Crippen molar-refractivity contribution >= 4 is 94.7 Å². The molecule has 0 unspecified atom stereocenters. The number of rotatable bonds is 0. The maximum atomic E-state index is 9.00. The summed E-state index contributed by atoms with van der Waals surface area (Å²) < 4.78 is 8.88. The standard InChI is InChI=1S/C2H4O2.K.4Na.H3O4P.2H/c1-2(3)4;;;;;;1-5(2,3)4;;/h1H3,(H,3,4);;;;;;(H3,1,2,3,4);;/q;;;3*+1;;;/p+2. The maximum absolute atomic E-state index is 9.00. The predicted molar refractivity (Wildman–Crippen MR) is 44.1 cm³/mol. The van der Waals surface area contributed by atoms with Crippen LogP contribution in [0.1, 0.15) is 9.78 Å². The number of carboxylic acids is 1. The molecule has 0 saturated carbocycles. The summed E-state index contributed by atoms with van der Waals surface area (Å²) >= 11 is 0. The van der Waals surface area contributed by atoms with Gasteiger partial charge in [-0.2, -0.15) is 0 Å². The fourth-order valence-corrected chi connectivity index (χ4v) is 0. The Balaban J connectivity index is -0.00000000614. The van der Waals surface area contributed by atoms with E-state index in [2.05, 4.69) is 0 Å². The summed E-state index contributed by atoms with van der Waals surface area (Å²) in [5.74, 6) is -0.833. The van der Waals surface area contributed by atoms with E-state index >= 15 is 0 Å². The van der Waals surface area contributed by atoms with Crippen molar-refractivity contribution in [2.45, 2.75) is 6.92 Å². The van der Waals surface area contributed by atoms with Gasteiger partial charge in [0.25, 0.3) is 5.97 Å². The second-order valence-corrected chi connectivity index (χ2v) is 2.06. The summed E-state index contributed by atoms with van der Waals surface area (Å²) in [6.45, 7) is 1.08. The zero-order valence-electron chi connectivity index (χ0n) is 9.55. The van der Waals surface area contributed by atoms with Gasteiger partial charge in [-0.25, -0.2) is 4.57 Å². The van der Waals surface area contributed by atoms with Crippen LogP contribution in [-0.4, -0.2) is 107 Å². The van der Waals surface area contributed by atoms with Crippen LogP contribution in [-0.2, 0) is 9.36 Å². The quantitative estimate of drug-likeness (QED) is 0.260. The molecule has 0 atom stereocenters. The fraction of sp³-hybridized carbons (Fsp3) is 0.500. The summed E-state index contributed by atoms with van der Waals surface area (Å²) in [6.07, 6.45) is 0. The Morgan fingerprint density at radius 1 is 1.14 bits per heavy atom. The van der Waals surface area contributed by atoms with Crippen LogP contribution in [0.5, 0.6) is 0 Å². The second kappa shape index (κ2) is 26.7. The van der Waals surface area contributed by atoms with Crippen LogP contribution in [0.15, 0.2) is 0 Å². The molecule has 14 heavy (non-hydrogen) atoms. The number of hydrogen-bond acceptors (Lipinski definition) is 2. The summed E-state index contributed by atoms with van der Waals surface area (Å²) in [4.78, 5) is 30.6. The number of carboxylic acid groups (broad SMARTS) is 1. The zero-order valence-corrected chi connectivity index (χ0v) is 14.4. The molecule has 0 aliphatic heterocycles. The third-order valence-corrected chi connectivity index (χ3v) is 0. The van der Waals surface area contributed by atoms with Gasteiger partial charge in [0, 0.05) is 6.92 Å². The van der Waals surface area contributed by atoms with E-state index in [4.69, 9.17) is 29.1 Å². The van der Waals surface area contributed by atoms with Crippen LogP contribution in [0.25, 0.3) is 0 Å². The normalized spacial score (nSPS) is 6.00. The van der Waals surface area contributed by atoms with Gasteiger partial charge in [-0.3, -0.25) is 4.79 Å². The van der Waals surface area contributed by atoms with Crippen molar-refractivity contribution in [2.24, 2.45) is 0 Å². The SMILES string of the molecule is CC(=O)O.O=P(O)(O)O.[H+].[H+].[KH].[Na+].[Na+].[Na+].[NaH]. The van der Waals surface area contributed by atoms with Gasteiger partial charge < -0.3 is 19.8 Å². The van der Waals surface area contributed by atoms with Gasteiger partial charge >= 0.3 is 180 Å². The van der Waals surface area contributed by atoms with Gasteiger partial charge in [-0.15, -0.1) is 0 Å². The molecule has 0 bridgehead atoms. The van der Waals surface area contributed by atoms with Crippen molar-refractivity contribution in [3.05, 3.63) is 0 Å². The molecule has 4 N–H and O–H groups in total. The number of hydrogen-bond donors (Lipinski definition) is 4. The molecule has 0 radical (unpaired) electrons. The van der Waals surface area contributed by atoms with Crippen molar-refractivity contribution in [2.75, 3.05) is 0 Å². The first kappa shape index (κ1) is 42.7. The first-order valence-electron chi connectivity index (χ1n) is 1.71. The zero-order chi connectivity index (χ0) is 8.08. The average Bonchev–Trinajstić information content (AvgIpc) is 1.19. The van der Waals surface area contributed by atoms with E-state index in [0.29, 0.717) is 0 Å². The summed E-state index contributed by atoms with van der Waals surface area (Å²) in [7, 11) is -4.64. The Hall–Kier alpha value is 5.22. The minimum atomic E-state index is -4.64. The Bertz CT molecular complexity index is 136. The molecule has 0 aromatic heterocycles. The monoisotopic (exact) mass is 293 g/mol. The van der Waals surface area contributed by atoms with Crippen molar-refractivity contribution in [1.82, 2.24) is 0 Å². The molecule has 0 aliphatic rings. The summed E-state index contributed by atoms with van der Waals surface area (Å²) in [6, 6.07) is 0. The average molecular weight is 293 g/mol. The number of phosphoric acid groups is 1. The predicted octanol–water partition coefficient (Wildman–Crippen LogP) is -10.9. The van der Waals surface area contributed by atoms with Crippen molar-refractivity contribution in [3.63, 3.8) is 0 Å². The Kier molecular flexibility index (Phi) is 81.5. The first-order chi connectivity index (χ1) is 3.73. The third kappa shape index (κ3) is 166. The molecule has 0 aromatic carbocycles. The Morgan fingerprint density at radius 3 is 1.14 bits per heavy atom. The molecule has 6 nitrogen and oxygen atoms in total. The fourth-order valence-electron chi connectivity index (χ4n) is 0. The number of aliphatic carboxylic acids is 1. The van der Waals surface area contributed by atoms with E-state index < -0.39 is 13.8 Å². The molecule has 60 valence electrons. The second-order valence-electron chi connectivity index (χ2n) is 1.03. The van der Waals surface area contributed by atoms with Crippen LogP contribution >= 0.6 is 7.82 Å². The topological polar surface area (TPSA) is 115 Å². The van der Waals surface area contributed by atoms with E-state index in [-0.39, 0.29) is 172 Å². The van der Waals surface area contributed by atoms with Crippen molar-refractivity contribution in [3.8, 4) is 0 Å². The van der Waals surface area contributed by atoms with E-state index in [1.54, 1.807) is 0 Å². The Labute approximate surface area is 217 Å². The summed E-state index contributed by atoms with van der Waals surface area (Å²) in [5.41, 5.74) is 0. The molecule has 0 aromatic rings. The van der Waals surface area contributed by atoms with Crippen LogP contribution in [0.3, 0.4) is 0 Å². The summed E-state index contributed by atoms with van der Waals surface area (Å²) in [5, 5.41) is 7.42. The van der Waals surface area contributed by atoms with E-state index in [9.17, 15) is 0 Å². The van der Waals surface area contributed by atoms with Gasteiger partial charge in [-0.05, 0) is 0 Å². The molecule has 0 rings (SSSR count). The van der Waals surface area contributed by atoms with Crippen LogP contribution in [0.4, 0.5) is 0 Å². The molecule has 0 amide bonds. The molecule has 12 heteroatoms. The van der Waals surface area contributed by atoms with Crippen molar-refractivity contribution < 1.29 is 121 Å². The molecule has 0 aliphatic carbocycles. The van der Waals surface area contributed by atoms with E-state index in [0.717, 1.165) is 6.92 Å². The van der Waals surface area contributed by atoms with Crippen LogP contribution in [0, 0.1) is 0 Å². The molecule has 0 heterocycles. The minimum absolute atomic E-state index is 0. The molecule has 0 spiro atoms. The van der Waals surface area contributed by atoms with Gasteiger partial charge in [0.2, 0.25) is 0 Å². The Morgan fingerprint density at radius 2 is 1.14 bits per heavy atom. The van der Waals surface area contributed by atoms with Gasteiger partial charge in [0.1, 0.15) is 0 Å². The van der Waals surface area contributed by atoms with Gasteiger partial charge in [0.05, 0.1) is 0 Å². The molecule has 0 fully saturated rings. The first-order valence-corrected chi connectivity index (χ1v) is 3.28. The van der Waals surface area contributed by atoms with Crippen LogP contribution in [0.2, 0.25) is 0 Å². The van der Waals surface area contributed by atoms with Gasteiger partial charge in [0.15, 0.2) is 0 Å². The molecule has 0 saturated heterocycles. The molecular weight excluding hydrogens is 282 g/mol. The van der Waals surface area contributed by atoms with Crippen LogP contribution < -0.4 is 88.7 Å². The number of carbonyl (C=O) groups is 1. The van der Waals surface area contributed by atoms with E-state index in [1.165, 1.54) is 0 Å². The van der Waals surface area contributed by atoms with Gasteiger partial charge in [-0.1, -0.05) is 0 Å².